The summed E-state index contributed by atoms with van der Waals surface area (Å²) in [6.07, 6.45) is 1.59. The molecule has 0 atom stereocenters. The Morgan fingerprint density at radius 1 is 1.20 bits per heavy atom. The largest absolute Gasteiger partial charge is 0.272 e. The molecular weight excluding hydrogens is 404 g/mol. The second kappa shape index (κ2) is 8.54. The van der Waals surface area contributed by atoms with E-state index in [9.17, 15) is 4.79 Å². The van der Waals surface area contributed by atoms with Crippen LogP contribution in [0.3, 0.4) is 0 Å². The Balaban J connectivity index is 1.53. The predicted molar refractivity (Wildman–Crippen MR) is 99.8 cm³/mol. The fraction of sp³-hybridized carbons (Fsp3) is 0.0625. The van der Waals surface area contributed by atoms with E-state index in [2.05, 4.69) is 42.0 Å². The van der Waals surface area contributed by atoms with E-state index in [1.54, 1.807) is 10.9 Å². The quantitative estimate of drug-likeness (QED) is 0.379. The number of hydrogen-bond acceptors (Lipinski definition) is 6. The summed E-state index contributed by atoms with van der Waals surface area (Å²) in [4.78, 5) is 11.9. The molecule has 1 aromatic heterocycles. The molecule has 0 radical (unpaired) electrons. The molecule has 1 heterocycles. The molecule has 126 valence electrons. The molecule has 1 N–H and O–H groups in total. The van der Waals surface area contributed by atoms with E-state index in [0.29, 0.717) is 5.16 Å². The topological polar surface area (TPSA) is 85.1 Å². The Bertz CT molecular complexity index is 866. The van der Waals surface area contributed by atoms with Crippen molar-refractivity contribution in [1.29, 1.82) is 0 Å². The van der Waals surface area contributed by atoms with Crippen molar-refractivity contribution < 1.29 is 4.79 Å². The lowest BCUT2D eigenvalue weighted by Crippen LogP contribution is -2.20. The Morgan fingerprint density at radius 3 is 2.72 bits per heavy atom. The van der Waals surface area contributed by atoms with E-state index in [1.165, 1.54) is 11.8 Å². The van der Waals surface area contributed by atoms with Crippen LogP contribution in [0.15, 0.2) is 69.3 Å². The number of rotatable bonds is 6. The number of amides is 1. The molecule has 0 saturated carbocycles. The normalized spacial score (nSPS) is 10.9. The number of hydrazone groups is 1. The van der Waals surface area contributed by atoms with Gasteiger partial charge in [0.05, 0.1) is 17.7 Å². The molecule has 0 bridgehead atoms. The molecule has 3 aromatic rings. The highest BCUT2D eigenvalue weighted by atomic mass is 79.9. The van der Waals surface area contributed by atoms with Crippen molar-refractivity contribution in [2.24, 2.45) is 5.10 Å². The lowest BCUT2D eigenvalue weighted by atomic mass is 10.2. The molecule has 7 nitrogen and oxygen atoms in total. The Morgan fingerprint density at radius 2 is 1.96 bits per heavy atom. The summed E-state index contributed by atoms with van der Waals surface area (Å²) >= 11 is 4.60. The average molecular weight is 417 g/mol. The zero-order valence-electron chi connectivity index (χ0n) is 12.9. The van der Waals surface area contributed by atoms with Crippen LogP contribution in [0.5, 0.6) is 0 Å². The van der Waals surface area contributed by atoms with Crippen LogP contribution in [0.25, 0.3) is 5.69 Å². The standard InChI is InChI=1S/C16H13BrN6OS/c17-13-8-6-12(7-9-13)10-18-19-15(24)11-25-16-20-21-22-23(16)14-4-2-1-3-5-14/h1-10H,11H2,(H,19,24). The molecule has 0 aliphatic heterocycles. The van der Waals surface area contributed by atoms with Gasteiger partial charge in [-0.15, -0.1) is 5.10 Å². The molecule has 0 unspecified atom stereocenters. The maximum absolute atomic E-state index is 11.9. The monoisotopic (exact) mass is 416 g/mol. The summed E-state index contributed by atoms with van der Waals surface area (Å²) in [7, 11) is 0. The molecule has 0 fully saturated rings. The van der Waals surface area contributed by atoms with E-state index in [1.807, 2.05) is 54.6 Å². The highest BCUT2D eigenvalue weighted by molar-refractivity contribution is 9.10. The average Bonchev–Trinajstić information content (AvgIpc) is 3.11. The fourth-order valence-electron chi connectivity index (χ4n) is 1.89. The van der Waals surface area contributed by atoms with Gasteiger partial charge in [0.1, 0.15) is 0 Å². The molecule has 0 aliphatic rings. The number of carbonyl (C=O) groups excluding carboxylic acids is 1. The zero-order chi connectivity index (χ0) is 17.5. The molecule has 1 amide bonds. The van der Waals surface area contributed by atoms with Gasteiger partial charge < -0.3 is 0 Å². The maximum Gasteiger partial charge on any atom is 0.250 e. The number of para-hydroxylation sites is 1. The van der Waals surface area contributed by atoms with Gasteiger partial charge in [-0.3, -0.25) is 4.79 Å². The van der Waals surface area contributed by atoms with Crippen molar-refractivity contribution in [1.82, 2.24) is 25.6 Å². The van der Waals surface area contributed by atoms with Crippen molar-refractivity contribution >= 4 is 39.8 Å². The molecule has 9 heteroatoms. The number of carbonyl (C=O) groups is 1. The van der Waals surface area contributed by atoms with E-state index in [-0.39, 0.29) is 11.7 Å². The maximum atomic E-state index is 11.9. The number of thioether (sulfide) groups is 1. The van der Waals surface area contributed by atoms with Crippen molar-refractivity contribution in [3.8, 4) is 5.69 Å². The Kier molecular flexibility index (Phi) is 5.91. The van der Waals surface area contributed by atoms with E-state index in [0.717, 1.165) is 15.7 Å². The summed E-state index contributed by atoms with van der Waals surface area (Å²) in [5.74, 6) is -0.0776. The Labute approximate surface area is 156 Å². The van der Waals surface area contributed by atoms with Crippen molar-refractivity contribution in [3.63, 3.8) is 0 Å². The van der Waals surface area contributed by atoms with Gasteiger partial charge in [0.2, 0.25) is 5.16 Å². The number of aromatic nitrogens is 4. The number of nitrogens with zero attached hydrogens (tertiary/aromatic N) is 5. The molecule has 25 heavy (non-hydrogen) atoms. The van der Waals surface area contributed by atoms with Crippen LogP contribution in [0, 0.1) is 0 Å². The number of tetrazole rings is 1. The third-order valence-corrected chi connectivity index (χ3v) is 4.49. The Hall–Kier alpha value is -2.52. The molecule has 2 aromatic carbocycles. The zero-order valence-corrected chi connectivity index (χ0v) is 15.3. The van der Waals surface area contributed by atoms with Crippen molar-refractivity contribution in [3.05, 3.63) is 64.6 Å². The highest BCUT2D eigenvalue weighted by Gasteiger charge is 2.10. The van der Waals surface area contributed by atoms with Crippen LogP contribution >= 0.6 is 27.7 Å². The lowest BCUT2D eigenvalue weighted by Gasteiger charge is -2.03. The van der Waals surface area contributed by atoms with E-state index < -0.39 is 0 Å². The van der Waals surface area contributed by atoms with Crippen molar-refractivity contribution in [2.45, 2.75) is 5.16 Å². The second-order valence-corrected chi connectivity index (χ2v) is 6.70. The SMILES string of the molecule is O=C(CSc1nnnn1-c1ccccc1)NN=Cc1ccc(Br)cc1. The van der Waals surface area contributed by atoms with Gasteiger partial charge >= 0.3 is 0 Å². The smallest absolute Gasteiger partial charge is 0.250 e. The van der Waals surface area contributed by atoms with Gasteiger partial charge in [0.25, 0.3) is 5.91 Å². The predicted octanol–water partition coefficient (Wildman–Crippen LogP) is 2.67. The van der Waals surface area contributed by atoms with Gasteiger partial charge in [-0.1, -0.05) is 58.0 Å². The number of halogens is 1. The van der Waals surface area contributed by atoms with Crippen LogP contribution < -0.4 is 5.43 Å². The molecule has 0 aliphatic carbocycles. The second-order valence-electron chi connectivity index (χ2n) is 4.84. The van der Waals surface area contributed by atoms with Crippen LogP contribution in [0.1, 0.15) is 5.56 Å². The third-order valence-electron chi connectivity index (χ3n) is 3.05. The number of nitrogens with one attached hydrogen (secondary N) is 1. The molecule has 0 saturated heterocycles. The van der Waals surface area contributed by atoms with Gasteiger partial charge in [-0.25, -0.2) is 5.43 Å². The van der Waals surface area contributed by atoms with Gasteiger partial charge in [0.15, 0.2) is 0 Å². The number of hydrogen-bond donors (Lipinski definition) is 1. The first-order valence-corrected chi connectivity index (χ1v) is 9.04. The van der Waals surface area contributed by atoms with Gasteiger partial charge in [-0.05, 0) is 40.3 Å². The van der Waals surface area contributed by atoms with E-state index >= 15 is 0 Å². The highest BCUT2D eigenvalue weighted by Crippen LogP contribution is 2.17. The van der Waals surface area contributed by atoms with Gasteiger partial charge in [-0.2, -0.15) is 9.78 Å². The minimum absolute atomic E-state index is 0.158. The third kappa shape index (κ3) is 4.97. The first-order valence-electron chi connectivity index (χ1n) is 7.26. The first-order chi connectivity index (χ1) is 12.2. The summed E-state index contributed by atoms with van der Waals surface area (Å²) in [6, 6.07) is 17.1. The first kappa shape index (κ1) is 17.3. The summed E-state index contributed by atoms with van der Waals surface area (Å²) in [5.41, 5.74) is 4.22. The van der Waals surface area contributed by atoms with Crippen LogP contribution in [0.4, 0.5) is 0 Å². The molecule has 3 rings (SSSR count). The summed E-state index contributed by atoms with van der Waals surface area (Å²) in [6.45, 7) is 0. The minimum atomic E-state index is -0.235. The van der Waals surface area contributed by atoms with Crippen LogP contribution in [-0.4, -0.2) is 38.1 Å². The van der Waals surface area contributed by atoms with Crippen LogP contribution in [-0.2, 0) is 4.79 Å². The fourth-order valence-corrected chi connectivity index (χ4v) is 2.84. The lowest BCUT2D eigenvalue weighted by molar-refractivity contribution is -0.118. The summed E-state index contributed by atoms with van der Waals surface area (Å²) in [5, 5.41) is 16.0. The van der Waals surface area contributed by atoms with E-state index in [4.69, 9.17) is 0 Å². The van der Waals surface area contributed by atoms with Crippen molar-refractivity contribution in [2.75, 3.05) is 5.75 Å². The molecular formula is C16H13BrN6OS. The summed E-state index contributed by atoms with van der Waals surface area (Å²) < 4.78 is 2.57. The minimum Gasteiger partial charge on any atom is -0.272 e. The molecule has 0 spiro atoms. The van der Waals surface area contributed by atoms with Gasteiger partial charge in [0, 0.05) is 4.47 Å². The van der Waals surface area contributed by atoms with Crippen LogP contribution in [0.2, 0.25) is 0 Å². The number of benzene rings is 2.